The summed E-state index contributed by atoms with van der Waals surface area (Å²) in [7, 11) is 0. The molecule has 1 heterocycles. The first-order valence-corrected chi connectivity index (χ1v) is 8.31. The largest absolute Gasteiger partial charge is 0.366 e. The smallest absolute Gasteiger partial charge is 0.274 e. The Morgan fingerprint density at radius 2 is 1.85 bits per heavy atom. The normalized spacial score (nSPS) is 9.89. The Labute approximate surface area is 157 Å². The van der Waals surface area contributed by atoms with E-state index in [4.69, 9.17) is 0 Å². The van der Waals surface area contributed by atoms with Crippen molar-refractivity contribution in [2.75, 3.05) is 17.2 Å². The Hall–Kier alpha value is -3.98. The maximum absolute atomic E-state index is 12.7. The van der Waals surface area contributed by atoms with Crippen molar-refractivity contribution in [2.45, 2.75) is 0 Å². The minimum Gasteiger partial charge on any atom is -0.366 e. The van der Waals surface area contributed by atoms with Gasteiger partial charge in [0, 0.05) is 18.2 Å². The van der Waals surface area contributed by atoms with Crippen LogP contribution in [0.4, 0.5) is 11.5 Å². The number of benzene rings is 2. The zero-order valence-electron chi connectivity index (χ0n) is 14.5. The summed E-state index contributed by atoms with van der Waals surface area (Å²) in [6, 6.07) is 19.8. The number of nitriles is 1. The third kappa shape index (κ3) is 4.35. The zero-order valence-corrected chi connectivity index (χ0v) is 14.5. The molecule has 0 unspecified atom stereocenters. The lowest BCUT2D eigenvalue weighted by Gasteiger charge is -2.10. The van der Waals surface area contributed by atoms with Crippen LogP contribution >= 0.6 is 0 Å². The van der Waals surface area contributed by atoms with Crippen molar-refractivity contribution < 1.29 is 4.79 Å². The number of nitrogens with zero attached hydrogens (tertiary/aromatic N) is 3. The van der Waals surface area contributed by atoms with E-state index >= 15 is 0 Å². The third-order valence-electron chi connectivity index (χ3n) is 3.71. The summed E-state index contributed by atoms with van der Waals surface area (Å²) >= 11 is 0. The SMILES string of the molecule is C=CCNc1cc(C(=O)Nc2ccccc2C#N)nc(-c2ccccc2)n1. The van der Waals surface area contributed by atoms with Crippen LogP contribution < -0.4 is 10.6 Å². The van der Waals surface area contributed by atoms with Gasteiger partial charge in [0.15, 0.2) is 5.82 Å². The van der Waals surface area contributed by atoms with E-state index in [-0.39, 0.29) is 5.69 Å². The topological polar surface area (TPSA) is 90.7 Å². The van der Waals surface area contributed by atoms with E-state index in [0.29, 0.717) is 29.4 Å². The Morgan fingerprint density at radius 1 is 1.11 bits per heavy atom. The molecule has 0 aliphatic carbocycles. The van der Waals surface area contributed by atoms with E-state index in [0.717, 1.165) is 5.56 Å². The van der Waals surface area contributed by atoms with Crippen LogP contribution in [-0.4, -0.2) is 22.4 Å². The molecule has 0 saturated carbocycles. The highest BCUT2D eigenvalue weighted by Gasteiger charge is 2.14. The number of anilines is 2. The van der Waals surface area contributed by atoms with E-state index in [9.17, 15) is 10.1 Å². The highest BCUT2D eigenvalue weighted by Crippen LogP contribution is 2.19. The van der Waals surface area contributed by atoms with Gasteiger partial charge in [0.05, 0.1) is 11.3 Å². The van der Waals surface area contributed by atoms with Gasteiger partial charge in [0.1, 0.15) is 17.6 Å². The molecule has 132 valence electrons. The summed E-state index contributed by atoms with van der Waals surface area (Å²) in [4.78, 5) is 21.6. The molecule has 27 heavy (non-hydrogen) atoms. The van der Waals surface area contributed by atoms with Gasteiger partial charge in [-0.3, -0.25) is 4.79 Å². The molecule has 0 aliphatic heterocycles. The molecule has 0 spiro atoms. The molecule has 0 saturated heterocycles. The fourth-order valence-corrected chi connectivity index (χ4v) is 2.42. The van der Waals surface area contributed by atoms with Gasteiger partial charge in [0.2, 0.25) is 0 Å². The van der Waals surface area contributed by atoms with Crippen LogP contribution in [0.25, 0.3) is 11.4 Å². The Balaban J connectivity index is 1.97. The van der Waals surface area contributed by atoms with Crippen LogP contribution in [0.15, 0.2) is 73.3 Å². The third-order valence-corrected chi connectivity index (χ3v) is 3.71. The van der Waals surface area contributed by atoms with E-state index in [2.05, 4.69) is 33.2 Å². The number of para-hydroxylation sites is 1. The van der Waals surface area contributed by atoms with Crippen molar-refractivity contribution in [3.63, 3.8) is 0 Å². The summed E-state index contributed by atoms with van der Waals surface area (Å²) in [5, 5.41) is 15.0. The van der Waals surface area contributed by atoms with E-state index in [1.54, 1.807) is 36.4 Å². The summed E-state index contributed by atoms with van der Waals surface area (Å²) in [6.07, 6.45) is 1.70. The number of aromatic nitrogens is 2. The lowest BCUT2D eigenvalue weighted by molar-refractivity contribution is 0.102. The minimum absolute atomic E-state index is 0.197. The van der Waals surface area contributed by atoms with Gasteiger partial charge in [-0.2, -0.15) is 5.26 Å². The quantitative estimate of drug-likeness (QED) is 0.655. The standard InChI is InChI=1S/C21H17N5O/c1-2-12-23-19-13-18(24-20(26-19)15-8-4-3-5-9-15)21(27)25-17-11-7-6-10-16(17)14-22/h2-11,13H,1,12H2,(H,25,27)(H,23,24,26). The minimum atomic E-state index is -0.418. The molecule has 0 atom stereocenters. The van der Waals surface area contributed by atoms with Crippen LogP contribution in [0.1, 0.15) is 16.1 Å². The maximum atomic E-state index is 12.7. The molecule has 3 rings (SSSR count). The molecule has 0 aliphatic rings. The number of rotatable bonds is 6. The van der Waals surface area contributed by atoms with Gasteiger partial charge >= 0.3 is 0 Å². The number of hydrogen-bond acceptors (Lipinski definition) is 5. The van der Waals surface area contributed by atoms with Gasteiger partial charge in [0.25, 0.3) is 5.91 Å². The van der Waals surface area contributed by atoms with Crippen LogP contribution in [0.3, 0.4) is 0 Å². The maximum Gasteiger partial charge on any atom is 0.274 e. The van der Waals surface area contributed by atoms with E-state index in [1.807, 2.05) is 30.3 Å². The number of nitrogens with one attached hydrogen (secondary N) is 2. The van der Waals surface area contributed by atoms with Gasteiger partial charge in [-0.05, 0) is 12.1 Å². The summed E-state index contributed by atoms with van der Waals surface area (Å²) in [5.74, 6) is 0.532. The molecular formula is C21H17N5O. The van der Waals surface area contributed by atoms with Crippen LogP contribution in [0.5, 0.6) is 0 Å². The second-order valence-corrected chi connectivity index (χ2v) is 5.61. The highest BCUT2D eigenvalue weighted by molar-refractivity contribution is 6.04. The Kier molecular flexibility index (Phi) is 5.55. The zero-order chi connectivity index (χ0) is 19.1. The number of carbonyl (C=O) groups excluding carboxylic acids is 1. The van der Waals surface area contributed by atoms with Crippen LogP contribution in [0, 0.1) is 11.3 Å². The molecule has 1 amide bonds. The first-order valence-electron chi connectivity index (χ1n) is 8.31. The average molecular weight is 355 g/mol. The van der Waals surface area contributed by atoms with Gasteiger partial charge < -0.3 is 10.6 Å². The highest BCUT2D eigenvalue weighted by atomic mass is 16.1. The van der Waals surface area contributed by atoms with Gasteiger partial charge in [-0.15, -0.1) is 6.58 Å². The van der Waals surface area contributed by atoms with Crippen molar-refractivity contribution in [1.29, 1.82) is 5.26 Å². The molecule has 6 heteroatoms. The van der Waals surface area contributed by atoms with Crippen LogP contribution in [-0.2, 0) is 0 Å². The summed E-state index contributed by atoms with van der Waals surface area (Å²) in [5.41, 5.74) is 1.81. The lowest BCUT2D eigenvalue weighted by Crippen LogP contribution is -2.16. The molecule has 2 aromatic carbocycles. The van der Waals surface area contributed by atoms with E-state index in [1.165, 1.54) is 0 Å². The summed E-state index contributed by atoms with van der Waals surface area (Å²) < 4.78 is 0. The van der Waals surface area contributed by atoms with Crippen molar-refractivity contribution in [2.24, 2.45) is 0 Å². The molecule has 0 fully saturated rings. The van der Waals surface area contributed by atoms with Crippen molar-refractivity contribution >= 4 is 17.4 Å². The van der Waals surface area contributed by atoms with Crippen molar-refractivity contribution in [3.8, 4) is 17.5 Å². The van der Waals surface area contributed by atoms with E-state index < -0.39 is 5.91 Å². The number of amides is 1. The van der Waals surface area contributed by atoms with Gasteiger partial charge in [-0.1, -0.05) is 48.5 Å². The monoisotopic (exact) mass is 355 g/mol. The molecule has 1 aromatic heterocycles. The molecule has 6 nitrogen and oxygen atoms in total. The molecule has 2 N–H and O–H groups in total. The first kappa shape index (κ1) is 17.8. The Bertz CT molecular complexity index is 1010. The Morgan fingerprint density at radius 3 is 2.59 bits per heavy atom. The summed E-state index contributed by atoms with van der Waals surface area (Å²) in [6.45, 7) is 4.18. The number of hydrogen-bond donors (Lipinski definition) is 2. The predicted molar refractivity (Wildman–Crippen MR) is 105 cm³/mol. The second kappa shape index (κ2) is 8.41. The molecule has 0 bridgehead atoms. The average Bonchev–Trinajstić information content (AvgIpc) is 2.73. The first-order chi connectivity index (χ1) is 13.2. The molecule has 0 radical (unpaired) electrons. The van der Waals surface area contributed by atoms with Crippen molar-refractivity contribution in [3.05, 3.63) is 84.6 Å². The molecular weight excluding hydrogens is 338 g/mol. The molecule has 3 aromatic rings. The van der Waals surface area contributed by atoms with Gasteiger partial charge in [-0.25, -0.2) is 9.97 Å². The lowest BCUT2D eigenvalue weighted by atomic mass is 10.2. The second-order valence-electron chi connectivity index (χ2n) is 5.61. The number of carbonyl (C=O) groups is 1. The fraction of sp³-hybridized carbons (Fsp3) is 0.0476. The van der Waals surface area contributed by atoms with Crippen LogP contribution in [0.2, 0.25) is 0 Å². The predicted octanol–water partition coefficient (Wildman–Crippen LogP) is 3.87. The van der Waals surface area contributed by atoms with Crippen molar-refractivity contribution in [1.82, 2.24) is 9.97 Å². The fourth-order valence-electron chi connectivity index (χ4n) is 2.42.